The molecule has 0 spiro atoms. The quantitative estimate of drug-likeness (QED) is 0.646. The predicted octanol–water partition coefficient (Wildman–Crippen LogP) is 2.35. The number of ether oxygens (including phenoxy) is 2. The number of benzene rings is 1. The molecular weight excluding hydrogens is 254 g/mol. The number of para-hydroxylation sites is 1. The number of nitrogens with one attached hydrogen (secondary N) is 1. The fourth-order valence-corrected chi connectivity index (χ4v) is 1.85. The highest BCUT2D eigenvalue weighted by Crippen LogP contribution is 2.21. The van der Waals surface area contributed by atoms with Gasteiger partial charge in [-0.2, -0.15) is 0 Å². The van der Waals surface area contributed by atoms with Crippen molar-refractivity contribution in [1.29, 1.82) is 0 Å². The number of aliphatic hydroxyl groups is 1. The summed E-state index contributed by atoms with van der Waals surface area (Å²) in [5.74, 6) is 0.831. The van der Waals surface area contributed by atoms with E-state index in [0.29, 0.717) is 26.1 Å². The molecule has 0 heterocycles. The third-order valence-corrected chi connectivity index (χ3v) is 3.58. The molecule has 0 amide bonds. The lowest BCUT2D eigenvalue weighted by atomic mass is 9.99. The molecule has 0 aromatic heterocycles. The molecule has 1 aromatic carbocycles. The second-order valence-corrected chi connectivity index (χ2v) is 5.00. The van der Waals surface area contributed by atoms with Gasteiger partial charge in [0.25, 0.3) is 0 Å². The third-order valence-electron chi connectivity index (χ3n) is 3.58. The summed E-state index contributed by atoms with van der Waals surface area (Å²) in [5, 5.41) is 13.6. The van der Waals surface area contributed by atoms with Crippen molar-refractivity contribution in [3.05, 3.63) is 29.8 Å². The van der Waals surface area contributed by atoms with Gasteiger partial charge in [0, 0.05) is 25.8 Å². The Labute approximate surface area is 122 Å². The summed E-state index contributed by atoms with van der Waals surface area (Å²) in [7, 11) is 1.69. The smallest absolute Gasteiger partial charge is 0.123 e. The van der Waals surface area contributed by atoms with Gasteiger partial charge < -0.3 is 19.9 Å². The predicted molar refractivity (Wildman–Crippen MR) is 81.1 cm³/mol. The van der Waals surface area contributed by atoms with Crippen molar-refractivity contribution in [2.24, 2.45) is 0 Å². The molecule has 0 bridgehead atoms. The fourth-order valence-electron chi connectivity index (χ4n) is 1.85. The zero-order valence-corrected chi connectivity index (χ0v) is 12.8. The van der Waals surface area contributed by atoms with Gasteiger partial charge in [0.15, 0.2) is 0 Å². The molecule has 0 saturated heterocycles. The fraction of sp³-hybridized carbons (Fsp3) is 0.625. The standard InChI is InChI=1S/C16H27NO3/c1-4-16(18,5-2)13-20-15-9-7-6-8-14(15)12-17-10-11-19-3/h6-9,17-18H,4-5,10-13H2,1-3H3. The van der Waals surface area contributed by atoms with Crippen LogP contribution in [0.4, 0.5) is 0 Å². The maximum absolute atomic E-state index is 10.3. The average Bonchev–Trinajstić information content (AvgIpc) is 2.50. The minimum atomic E-state index is -0.739. The summed E-state index contributed by atoms with van der Waals surface area (Å²) < 4.78 is 10.8. The lowest BCUT2D eigenvalue weighted by Gasteiger charge is -2.25. The molecule has 4 heteroatoms. The molecule has 0 saturated carbocycles. The first kappa shape index (κ1) is 17.0. The third kappa shape index (κ3) is 5.49. The van der Waals surface area contributed by atoms with Crippen LogP contribution in [0, 0.1) is 0 Å². The molecule has 20 heavy (non-hydrogen) atoms. The van der Waals surface area contributed by atoms with Gasteiger partial charge in [-0.1, -0.05) is 32.0 Å². The Balaban J connectivity index is 2.56. The summed E-state index contributed by atoms with van der Waals surface area (Å²) in [6.07, 6.45) is 1.38. The molecule has 1 rings (SSSR count). The Morgan fingerprint density at radius 2 is 1.90 bits per heavy atom. The van der Waals surface area contributed by atoms with E-state index in [0.717, 1.165) is 24.4 Å². The van der Waals surface area contributed by atoms with E-state index in [4.69, 9.17) is 9.47 Å². The first-order valence-corrected chi connectivity index (χ1v) is 7.28. The van der Waals surface area contributed by atoms with Crippen molar-refractivity contribution in [3.63, 3.8) is 0 Å². The van der Waals surface area contributed by atoms with Gasteiger partial charge in [-0.05, 0) is 18.9 Å². The number of rotatable bonds is 10. The van der Waals surface area contributed by atoms with Crippen LogP contribution in [-0.4, -0.2) is 37.6 Å². The minimum absolute atomic E-state index is 0.328. The van der Waals surface area contributed by atoms with Crippen molar-refractivity contribution in [1.82, 2.24) is 5.32 Å². The molecule has 0 aliphatic rings. The van der Waals surface area contributed by atoms with E-state index < -0.39 is 5.60 Å². The Bertz CT molecular complexity index is 378. The molecule has 0 radical (unpaired) electrons. The highest BCUT2D eigenvalue weighted by atomic mass is 16.5. The van der Waals surface area contributed by atoms with Crippen LogP contribution in [-0.2, 0) is 11.3 Å². The van der Waals surface area contributed by atoms with Gasteiger partial charge in [0.05, 0.1) is 12.2 Å². The van der Waals surface area contributed by atoms with Crippen molar-refractivity contribution < 1.29 is 14.6 Å². The van der Waals surface area contributed by atoms with Crippen LogP contribution >= 0.6 is 0 Å². The first-order chi connectivity index (χ1) is 9.65. The summed E-state index contributed by atoms with van der Waals surface area (Å²) in [6, 6.07) is 7.92. The van der Waals surface area contributed by atoms with Crippen LogP contribution < -0.4 is 10.1 Å². The molecule has 0 atom stereocenters. The SMILES string of the molecule is CCC(O)(CC)COc1ccccc1CNCCOC. The van der Waals surface area contributed by atoms with E-state index in [1.54, 1.807) is 7.11 Å². The van der Waals surface area contributed by atoms with E-state index in [1.807, 2.05) is 38.1 Å². The van der Waals surface area contributed by atoms with Gasteiger partial charge in [-0.25, -0.2) is 0 Å². The van der Waals surface area contributed by atoms with Crippen LogP contribution in [0.25, 0.3) is 0 Å². The minimum Gasteiger partial charge on any atom is -0.490 e. The second-order valence-electron chi connectivity index (χ2n) is 5.00. The summed E-state index contributed by atoms with van der Waals surface area (Å²) >= 11 is 0. The van der Waals surface area contributed by atoms with E-state index in [-0.39, 0.29) is 0 Å². The Morgan fingerprint density at radius 3 is 2.55 bits per heavy atom. The first-order valence-electron chi connectivity index (χ1n) is 7.28. The topological polar surface area (TPSA) is 50.7 Å². The summed E-state index contributed by atoms with van der Waals surface area (Å²) in [5.41, 5.74) is 0.356. The van der Waals surface area contributed by atoms with Gasteiger partial charge in [0.2, 0.25) is 0 Å². The Hall–Kier alpha value is -1.10. The van der Waals surface area contributed by atoms with E-state index in [1.165, 1.54) is 0 Å². The van der Waals surface area contributed by atoms with Gasteiger partial charge in [-0.3, -0.25) is 0 Å². The van der Waals surface area contributed by atoms with Crippen molar-refractivity contribution in [2.75, 3.05) is 26.9 Å². The monoisotopic (exact) mass is 281 g/mol. The molecule has 2 N–H and O–H groups in total. The van der Waals surface area contributed by atoms with Gasteiger partial charge in [-0.15, -0.1) is 0 Å². The van der Waals surface area contributed by atoms with E-state index >= 15 is 0 Å². The lowest BCUT2D eigenvalue weighted by Crippen LogP contribution is -2.34. The number of hydrogen-bond donors (Lipinski definition) is 2. The average molecular weight is 281 g/mol. The maximum Gasteiger partial charge on any atom is 0.123 e. The van der Waals surface area contributed by atoms with Crippen LogP contribution in [0.15, 0.2) is 24.3 Å². The van der Waals surface area contributed by atoms with Crippen LogP contribution in [0.3, 0.4) is 0 Å². The molecular formula is C16H27NO3. The highest BCUT2D eigenvalue weighted by molar-refractivity contribution is 5.33. The molecule has 0 aliphatic heterocycles. The molecule has 0 aliphatic carbocycles. The zero-order valence-electron chi connectivity index (χ0n) is 12.8. The van der Waals surface area contributed by atoms with Gasteiger partial charge >= 0.3 is 0 Å². The Kier molecular flexibility index (Phi) is 7.59. The van der Waals surface area contributed by atoms with Crippen LogP contribution in [0.1, 0.15) is 32.3 Å². The van der Waals surface area contributed by atoms with Gasteiger partial charge in [0.1, 0.15) is 12.4 Å². The summed E-state index contributed by atoms with van der Waals surface area (Å²) in [4.78, 5) is 0. The molecule has 1 aromatic rings. The van der Waals surface area contributed by atoms with E-state index in [9.17, 15) is 5.11 Å². The summed E-state index contributed by atoms with van der Waals surface area (Å²) in [6.45, 7) is 6.51. The normalized spacial score (nSPS) is 11.6. The molecule has 0 unspecified atom stereocenters. The zero-order chi connectivity index (χ0) is 14.8. The van der Waals surface area contributed by atoms with Crippen molar-refractivity contribution in [3.8, 4) is 5.75 Å². The number of hydrogen-bond acceptors (Lipinski definition) is 4. The lowest BCUT2D eigenvalue weighted by molar-refractivity contribution is -0.0116. The molecule has 4 nitrogen and oxygen atoms in total. The van der Waals surface area contributed by atoms with Crippen LogP contribution in [0.5, 0.6) is 5.75 Å². The number of methoxy groups -OCH3 is 1. The largest absolute Gasteiger partial charge is 0.490 e. The van der Waals surface area contributed by atoms with Crippen molar-refractivity contribution in [2.45, 2.75) is 38.8 Å². The van der Waals surface area contributed by atoms with E-state index in [2.05, 4.69) is 5.32 Å². The second kappa shape index (κ2) is 8.95. The van der Waals surface area contributed by atoms with Crippen LogP contribution in [0.2, 0.25) is 0 Å². The molecule has 114 valence electrons. The van der Waals surface area contributed by atoms with Crippen molar-refractivity contribution >= 4 is 0 Å². The highest BCUT2D eigenvalue weighted by Gasteiger charge is 2.23. The molecule has 0 fully saturated rings. The maximum atomic E-state index is 10.3. The Morgan fingerprint density at radius 1 is 1.20 bits per heavy atom.